The summed E-state index contributed by atoms with van der Waals surface area (Å²) in [5.74, 6) is 3.72. The van der Waals surface area contributed by atoms with Gasteiger partial charge in [-0.25, -0.2) is 0 Å². The molecule has 1 fully saturated rings. The zero-order valence-electron chi connectivity index (χ0n) is 57.3. The van der Waals surface area contributed by atoms with E-state index >= 15 is 0 Å². The number of ether oxygens (including phenoxy) is 4. The van der Waals surface area contributed by atoms with E-state index in [1.807, 2.05) is 53.7 Å². The number of benzene rings is 4. The lowest BCUT2D eigenvalue weighted by Gasteiger charge is -2.34. The molecule has 0 saturated heterocycles. The highest BCUT2D eigenvalue weighted by molar-refractivity contribution is 7.98. The van der Waals surface area contributed by atoms with Gasteiger partial charge < -0.3 is 49.6 Å². The fourth-order valence-electron chi connectivity index (χ4n) is 11.5. The Labute approximate surface area is 541 Å². The lowest BCUT2D eigenvalue weighted by molar-refractivity contribution is -0.196. The second-order valence-corrected chi connectivity index (χ2v) is 33.0. The van der Waals surface area contributed by atoms with E-state index in [0.29, 0.717) is 76.8 Å². The molecule has 0 aromatic heterocycles. The quantitative estimate of drug-likeness (QED) is 0.0158. The van der Waals surface area contributed by atoms with Gasteiger partial charge in [-0.2, -0.15) is 35.3 Å². The van der Waals surface area contributed by atoms with E-state index in [1.165, 1.54) is 0 Å². The fourth-order valence-corrected chi connectivity index (χ4v) is 14.9. The van der Waals surface area contributed by atoms with Crippen LogP contribution in [0.4, 0.5) is 0 Å². The standard InChI is InChI=1S/C73H110O12S3/c1-44-32-56(68(9,10)11)64(78)48(5)52(44)36-72(27-28-72)26-23-61(75)83-41-73(42-84-62(76)24-30-87-38-54-46(3)34-58(70(15,16)17)66(80)50(54)7,43-85-63(77)25-31-88-39-55-47(4)35-59(71(18,19)20)67(81)51(55)8)40-82-60(74)22-21-29-86-37-53-45(2)33-57(69(12,13)14)65(79)49(53)6/h32-35,60-61,74-75,78-81H,21-31,36-43H2,1-20H3. The van der Waals surface area contributed by atoms with Crippen molar-refractivity contribution in [1.82, 2.24) is 0 Å². The van der Waals surface area contributed by atoms with Crippen molar-refractivity contribution in [3.63, 3.8) is 0 Å². The van der Waals surface area contributed by atoms with Crippen LogP contribution in [-0.4, -0.2) is 98.8 Å². The van der Waals surface area contributed by atoms with Crippen LogP contribution in [0.3, 0.4) is 0 Å². The number of thioether (sulfide) groups is 3. The molecule has 6 N–H and O–H groups in total. The van der Waals surface area contributed by atoms with Gasteiger partial charge >= 0.3 is 11.9 Å². The van der Waals surface area contributed by atoms with Gasteiger partial charge in [0.05, 0.1) is 31.5 Å². The Bertz CT molecular complexity index is 2940. The predicted octanol–water partition coefficient (Wildman–Crippen LogP) is 16.4. The van der Waals surface area contributed by atoms with Crippen LogP contribution in [0.25, 0.3) is 0 Å². The molecule has 1 aliphatic rings. The summed E-state index contributed by atoms with van der Waals surface area (Å²) in [5, 5.41) is 67.9. The lowest BCUT2D eigenvalue weighted by Crippen LogP contribution is -2.44. The average Bonchev–Trinajstić information content (AvgIpc) is 3.40. The molecule has 15 heteroatoms. The number of carbonyl (C=O) groups is 2. The van der Waals surface area contributed by atoms with Crippen LogP contribution in [0.5, 0.6) is 23.0 Å². The molecular formula is C73H110O12S3. The predicted molar refractivity (Wildman–Crippen MR) is 365 cm³/mol. The number of rotatable bonds is 31. The zero-order valence-corrected chi connectivity index (χ0v) is 59.7. The van der Waals surface area contributed by atoms with Crippen molar-refractivity contribution in [2.75, 3.05) is 43.7 Å². The van der Waals surface area contributed by atoms with E-state index in [2.05, 4.69) is 109 Å². The molecule has 0 amide bonds. The second-order valence-electron chi connectivity index (χ2n) is 29.6. The first-order valence-electron chi connectivity index (χ1n) is 31.7. The fraction of sp³-hybridized carbons (Fsp3) is 0.644. The number of phenols is 4. The summed E-state index contributed by atoms with van der Waals surface area (Å²) in [6, 6.07) is 8.27. The van der Waals surface area contributed by atoms with Crippen LogP contribution in [0.2, 0.25) is 0 Å². The molecular weight excluding hydrogens is 1160 g/mol. The van der Waals surface area contributed by atoms with Crippen molar-refractivity contribution in [2.24, 2.45) is 10.8 Å². The maximum Gasteiger partial charge on any atom is 0.306 e. The van der Waals surface area contributed by atoms with Gasteiger partial charge in [0.15, 0.2) is 12.6 Å². The molecule has 0 heterocycles. The molecule has 0 bridgehead atoms. The van der Waals surface area contributed by atoms with E-state index in [-0.39, 0.29) is 72.8 Å². The molecule has 0 radical (unpaired) electrons. The highest BCUT2D eigenvalue weighted by Gasteiger charge is 2.44. The average molecular weight is 1280 g/mol. The largest absolute Gasteiger partial charge is 0.507 e. The normalized spacial score (nSPS) is 14.5. The monoisotopic (exact) mass is 1270 g/mol. The molecule has 1 aliphatic carbocycles. The summed E-state index contributed by atoms with van der Waals surface area (Å²) < 4.78 is 24.7. The number of hydrogen-bond acceptors (Lipinski definition) is 15. The Morgan fingerprint density at radius 2 is 0.773 bits per heavy atom. The van der Waals surface area contributed by atoms with Gasteiger partial charge in [0.2, 0.25) is 0 Å². The van der Waals surface area contributed by atoms with Crippen molar-refractivity contribution >= 4 is 47.2 Å². The third kappa shape index (κ3) is 20.5. The van der Waals surface area contributed by atoms with E-state index < -0.39 is 29.9 Å². The first-order valence-corrected chi connectivity index (χ1v) is 35.1. The lowest BCUT2D eigenvalue weighted by atomic mass is 9.80. The van der Waals surface area contributed by atoms with Gasteiger partial charge in [-0.3, -0.25) is 9.59 Å². The number of aromatic hydroxyl groups is 4. The van der Waals surface area contributed by atoms with Crippen LogP contribution in [-0.2, 0) is 73.9 Å². The van der Waals surface area contributed by atoms with Crippen molar-refractivity contribution < 1.29 is 59.2 Å². The minimum absolute atomic E-state index is 0.0688. The Morgan fingerprint density at radius 3 is 1.10 bits per heavy atom. The molecule has 2 atom stereocenters. The molecule has 1 saturated carbocycles. The third-order valence-corrected chi connectivity index (χ3v) is 20.9. The van der Waals surface area contributed by atoms with Gasteiger partial charge in [-0.05, 0) is 222 Å². The maximum atomic E-state index is 13.8. The minimum atomic E-state index is -1.35. The van der Waals surface area contributed by atoms with Crippen molar-refractivity contribution in [2.45, 2.75) is 248 Å². The second kappa shape index (κ2) is 31.0. The molecule has 5 rings (SSSR count). The number of esters is 2. The topological polar surface area (TPSA) is 192 Å². The first-order chi connectivity index (χ1) is 40.7. The molecule has 2 unspecified atom stereocenters. The Balaban J connectivity index is 1.33. The van der Waals surface area contributed by atoms with E-state index in [1.54, 1.807) is 35.3 Å². The first kappa shape index (κ1) is 74.6. The number of carbonyl (C=O) groups excluding carboxylic acids is 2. The smallest absolute Gasteiger partial charge is 0.306 e. The number of aliphatic hydroxyl groups is 2. The van der Waals surface area contributed by atoms with E-state index in [0.717, 1.165) is 108 Å². The number of aliphatic hydroxyl groups excluding tert-OH is 2. The molecule has 4 aromatic rings. The van der Waals surface area contributed by atoms with E-state index in [9.17, 15) is 40.2 Å². The summed E-state index contributed by atoms with van der Waals surface area (Å²) in [5.41, 5.74) is 13.4. The summed E-state index contributed by atoms with van der Waals surface area (Å²) >= 11 is 4.84. The number of aryl methyl sites for hydroxylation is 4. The summed E-state index contributed by atoms with van der Waals surface area (Å²) in [6.07, 6.45) is 2.25. The minimum Gasteiger partial charge on any atom is -0.507 e. The Hall–Kier alpha value is -4.09. The molecule has 0 spiro atoms. The highest BCUT2D eigenvalue weighted by Crippen LogP contribution is 2.54. The van der Waals surface area contributed by atoms with Crippen LogP contribution in [0.15, 0.2) is 24.3 Å². The SMILES string of the molecule is Cc1cc(C(C)(C)C)c(O)c(C)c1CSCCCC(O)OCC(COC(=O)CCSCc1c(C)cc(C(C)(C)C)c(O)c1C)(COC(=O)CCSCc1c(C)cc(C(C)(C)C)c(O)c1C)COC(O)CCC1(Cc2c(C)cc(C(C)(C)C)c(O)c2C)CC1. The third-order valence-electron chi connectivity index (χ3n) is 17.9. The number of phenolic OH excluding ortho intramolecular Hbond substituents is 4. The van der Waals surface area contributed by atoms with Gasteiger partial charge in [0, 0.05) is 28.8 Å². The summed E-state index contributed by atoms with van der Waals surface area (Å²) in [6.45, 7) is 40.1. The Kier molecular flexibility index (Phi) is 26.3. The van der Waals surface area contributed by atoms with Crippen LogP contribution in [0, 0.1) is 66.2 Å². The van der Waals surface area contributed by atoms with Gasteiger partial charge in [0.25, 0.3) is 0 Å². The summed E-state index contributed by atoms with van der Waals surface area (Å²) in [4.78, 5) is 27.6. The van der Waals surface area contributed by atoms with Gasteiger partial charge in [0.1, 0.15) is 36.2 Å². The van der Waals surface area contributed by atoms with E-state index in [4.69, 9.17) is 18.9 Å². The van der Waals surface area contributed by atoms with Crippen LogP contribution < -0.4 is 0 Å². The molecule has 0 aliphatic heterocycles. The number of hydrogen-bond donors (Lipinski definition) is 6. The summed E-state index contributed by atoms with van der Waals surface area (Å²) in [7, 11) is 0. The van der Waals surface area contributed by atoms with Crippen LogP contribution in [0.1, 0.15) is 223 Å². The van der Waals surface area contributed by atoms with Crippen LogP contribution >= 0.6 is 35.3 Å². The van der Waals surface area contributed by atoms with Crippen molar-refractivity contribution in [3.05, 3.63) is 113 Å². The Morgan fingerprint density at radius 1 is 0.466 bits per heavy atom. The maximum absolute atomic E-state index is 13.8. The molecule has 12 nitrogen and oxygen atoms in total. The van der Waals surface area contributed by atoms with Gasteiger partial charge in [-0.1, -0.05) is 107 Å². The van der Waals surface area contributed by atoms with Crippen molar-refractivity contribution in [1.29, 1.82) is 0 Å². The zero-order chi connectivity index (χ0) is 66.1. The molecule has 492 valence electrons. The van der Waals surface area contributed by atoms with Crippen molar-refractivity contribution in [3.8, 4) is 23.0 Å². The van der Waals surface area contributed by atoms with Gasteiger partial charge in [-0.15, -0.1) is 0 Å². The molecule has 88 heavy (non-hydrogen) atoms. The highest BCUT2D eigenvalue weighted by atomic mass is 32.2. The molecule has 4 aromatic carbocycles.